The van der Waals surface area contributed by atoms with Gasteiger partial charge in [-0.3, -0.25) is 4.79 Å². The van der Waals surface area contributed by atoms with E-state index >= 15 is 0 Å². The molecular weight excluding hydrogens is 260 g/mol. The molecule has 0 aromatic heterocycles. The Morgan fingerprint density at radius 3 is 2.43 bits per heavy atom. The van der Waals surface area contributed by atoms with Crippen molar-refractivity contribution in [3.05, 3.63) is 71.3 Å². The highest BCUT2D eigenvalue weighted by molar-refractivity contribution is 5.95. The zero-order chi connectivity index (χ0) is 15.1. The van der Waals surface area contributed by atoms with Crippen molar-refractivity contribution < 1.29 is 4.79 Å². The first-order valence-corrected chi connectivity index (χ1v) is 7.28. The van der Waals surface area contributed by atoms with E-state index < -0.39 is 0 Å². The van der Waals surface area contributed by atoms with Gasteiger partial charge >= 0.3 is 0 Å². The van der Waals surface area contributed by atoms with E-state index in [1.54, 1.807) is 0 Å². The predicted octanol–water partition coefficient (Wildman–Crippen LogP) is 2.62. The van der Waals surface area contributed by atoms with Crippen LogP contribution >= 0.6 is 0 Å². The predicted molar refractivity (Wildman–Crippen MR) is 86.5 cm³/mol. The summed E-state index contributed by atoms with van der Waals surface area (Å²) in [6.07, 6.45) is 0.770. The highest BCUT2D eigenvalue weighted by Gasteiger charge is 2.11. The van der Waals surface area contributed by atoms with Crippen molar-refractivity contribution in [3.8, 4) is 0 Å². The number of carbonyl (C=O) groups excluding carboxylic acids is 1. The molecule has 1 unspecified atom stereocenters. The molecule has 0 radical (unpaired) electrons. The second kappa shape index (κ2) is 7.60. The lowest BCUT2D eigenvalue weighted by Crippen LogP contribution is -2.37. The number of benzene rings is 2. The van der Waals surface area contributed by atoms with Crippen LogP contribution in [-0.4, -0.2) is 25.5 Å². The molecule has 2 aromatic rings. The van der Waals surface area contributed by atoms with E-state index in [4.69, 9.17) is 0 Å². The minimum absolute atomic E-state index is 0.0105. The van der Waals surface area contributed by atoms with Crippen molar-refractivity contribution in [3.63, 3.8) is 0 Å². The molecule has 3 heteroatoms. The van der Waals surface area contributed by atoms with Crippen LogP contribution in [0.1, 0.15) is 28.4 Å². The van der Waals surface area contributed by atoms with Crippen LogP contribution < -0.4 is 10.6 Å². The molecule has 1 amide bonds. The van der Waals surface area contributed by atoms with E-state index in [0.29, 0.717) is 6.54 Å². The smallest absolute Gasteiger partial charge is 0.251 e. The normalized spacial score (nSPS) is 11.9. The number of likely N-dealkylation sites (N-methyl/N-ethyl adjacent to an activating group) is 1. The van der Waals surface area contributed by atoms with Crippen LogP contribution in [-0.2, 0) is 6.42 Å². The average Bonchev–Trinajstić information content (AvgIpc) is 2.53. The molecule has 0 saturated heterocycles. The van der Waals surface area contributed by atoms with E-state index in [2.05, 4.69) is 22.8 Å². The zero-order valence-electron chi connectivity index (χ0n) is 12.6. The summed E-state index contributed by atoms with van der Waals surface area (Å²) in [6.45, 7) is 2.66. The SMILES string of the molecule is CNC(C)CNC(=O)c1ccccc1Cc1ccccc1. The van der Waals surface area contributed by atoms with Gasteiger partial charge in [0.15, 0.2) is 0 Å². The molecule has 0 saturated carbocycles. The second-order valence-electron chi connectivity index (χ2n) is 5.22. The molecule has 0 aliphatic heterocycles. The van der Waals surface area contributed by atoms with Crippen molar-refractivity contribution in [1.29, 1.82) is 0 Å². The zero-order valence-corrected chi connectivity index (χ0v) is 12.6. The fourth-order valence-corrected chi connectivity index (χ4v) is 2.15. The van der Waals surface area contributed by atoms with E-state index in [-0.39, 0.29) is 11.9 Å². The molecule has 0 aliphatic rings. The van der Waals surface area contributed by atoms with Gasteiger partial charge in [-0.05, 0) is 37.6 Å². The van der Waals surface area contributed by atoms with Crippen LogP contribution in [0.3, 0.4) is 0 Å². The van der Waals surface area contributed by atoms with Crippen LogP contribution in [0.15, 0.2) is 54.6 Å². The third-order valence-corrected chi connectivity index (χ3v) is 3.56. The molecule has 0 aliphatic carbocycles. The van der Waals surface area contributed by atoms with Crippen molar-refractivity contribution in [2.75, 3.05) is 13.6 Å². The molecule has 0 fully saturated rings. The number of carbonyl (C=O) groups is 1. The molecule has 0 spiro atoms. The van der Waals surface area contributed by atoms with E-state index in [9.17, 15) is 4.79 Å². The van der Waals surface area contributed by atoms with Crippen LogP contribution in [0.25, 0.3) is 0 Å². The van der Waals surface area contributed by atoms with E-state index in [1.807, 2.05) is 56.4 Å². The number of nitrogens with one attached hydrogen (secondary N) is 2. The highest BCUT2D eigenvalue weighted by Crippen LogP contribution is 2.14. The number of hydrogen-bond acceptors (Lipinski definition) is 2. The first kappa shape index (κ1) is 15.3. The number of amides is 1. The summed E-state index contributed by atoms with van der Waals surface area (Å²) >= 11 is 0. The second-order valence-corrected chi connectivity index (χ2v) is 5.22. The van der Waals surface area contributed by atoms with Gasteiger partial charge in [-0.25, -0.2) is 0 Å². The van der Waals surface area contributed by atoms with E-state index in [0.717, 1.165) is 17.5 Å². The molecule has 2 rings (SSSR count). The Labute approximate surface area is 126 Å². The monoisotopic (exact) mass is 282 g/mol. The maximum Gasteiger partial charge on any atom is 0.251 e. The maximum atomic E-state index is 12.3. The Morgan fingerprint density at radius 1 is 1.05 bits per heavy atom. The Kier molecular flexibility index (Phi) is 5.52. The van der Waals surface area contributed by atoms with Crippen molar-refractivity contribution in [1.82, 2.24) is 10.6 Å². The van der Waals surface area contributed by atoms with Crippen LogP contribution in [0.4, 0.5) is 0 Å². The van der Waals surface area contributed by atoms with Gasteiger partial charge in [0.2, 0.25) is 0 Å². The largest absolute Gasteiger partial charge is 0.350 e. The fourth-order valence-electron chi connectivity index (χ4n) is 2.15. The van der Waals surface area contributed by atoms with Gasteiger partial charge in [-0.1, -0.05) is 48.5 Å². The van der Waals surface area contributed by atoms with Gasteiger partial charge < -0.3 is 10.6 Å². The Bertz CT molecular complexity index is 581. The van der Waals surface area contributed by atoms with Gasteiger partial charge in [-0.15, -0.1) is 0 Å². The summed E-state index contributed by atoms with van der Waals surface area (Å²) in [5.74, 6) is -0.0105. The summed E-state index contributed by atoms with van der Waals surface area (Å²) in [6, 6.07) is 18.3. The lowest BCUT2D eigenvalue weighted by Gasteiger charge is -2.13. The molecule has 0 heterocycles. The van der Waals surface area contributed by atoms with Gasteiger partial charge in [0.05, 0.1) is 0 Å². The summed E-state index contributed by atoms with van der Waals surface area (Å²) in [7, 11) is 1.89. The maximum absolute atomic E-state index is 12.3. The summed E-state index contributed by atoms with van der Waals surface area (Å²) in [4.78, 5) is 12.3. The first-order valence-electron chi connectivity index (χ1n) is 7.28. The molecule has 2 N–H and O–H groups in total. The van der Waals surface area contributed by atoms with Crippen molar-refractivity contribution in [2.24, 2.45) is 0 Å². The van der Waals surface area contributed by atoms with Gasteiger partial charge in [0.25, 0.3) is 5.91 Å². The standard InChI is InChI=1S/C18H22N2O/c1-14(19-2)13-20-18(21)17-11-7-6-10-16(17)12-15-8-4-3-5-9-15/h3-11,14,19H,12-13H2,1-2H3,(H,20,21). The quantitative estimate of drug-likeness (QED) is 0.855. The lowest BCUT2D eigenvalue weighted by atomic mass is 9.99. The van der Waals surface area contributed by atoms with Crippen molar-refractivity contribution >= 4 is 5.91 Å². The number of hydrogen-bond donors (Lipinski definition) is 2. The minimum Gasteiger partial charge on any atom is -0.350 e. The summed E-state index contributed by atoms with van der Waals surface area (Å²) < 4.78 is 0. The topological polar surface area (TPSA) is 41.1 Å². The van der Waals surface area contributed by atoms with Crippen molar-refractivity contribution in [2.45, 2.75) is 19.4 Å². The lowest BCUT2D eigenvalue weighted by molar-refractivity contribution is 0.0949. The van der Waals surface area contributed by atoms with Crippen LogP contribution in [0, 0.1) is 0 Å². The molecule has 21 heavy (non-hydrogen) atoms. The molecule has 110 valence electrons. The molecule has 0 bridgehead atoms. The third kappa shape index (κ3) is 4.43. The average molecular weight is 282 g/mol. The summed E-state index contributed by atoms with van der Waals surface area (Å²) in [5.41, 5.74) is 3.02. The Hall–Kier alpha value is -2.13. The highest BCUT2D eigenvalue weighted by atomic mass is 16.1. The first-order chi connectivity index (χ1) is 10.2. The molecule has 1 atom stereocenters. The minimum atomic E-state index is -0.0105. The molecular formula is C18H22N2O. The molecule has 3 nitrogen and oxygen atoms in total. The van der Waals surface area contributed by atoms with Crippen LogP contribution in [0.5, 0.6) is 0 Å². The third-order valence-electron chi connectivity index (χ3n) is 3.56. The summed E-state index contributed by atoms with van der Waals surface area (Å²) in [5, 5.41) is 6.09. The Morgan fingerprint density at radius 2 is 1.71 bits per heavy atom. The van der Waals surface area contributed by atoms with Crippen LogP contribution in [0.2, 0.25) is 0 Å². The van der Waals surface area contributed by atoms with Gasteiger partial charge in [0, 0.05) is 18.2 Å². The van der Waals surface area contributed by atoms with Gasteiger partial charge in [-0.2, -0.15) is 0 Å². The Balaban J connectivity index is 2.11. The van der Waals surface area contributed by atoms with Gasteiger partial charge in [0.1, 0.15) is 0 Å². The fraction of sp³-hybridized carbons (Fsp3) is 0.278. The number of rotatable bonds is 6. The molecule has 2 aromatic carbocycles. The van der Waals surface area contributed by atoms with E-state index in [1.165, 1.54) is 5.56 Å².